The van der Waals surface area contributed by atoms with Gasteiger partial charge in [-0.2, -0.15) is 8.42 Å². The highest BCUT2D eigenvalue weighted by Gasteiger charge is 2.17. The van der Waals surface area contributed by atoms with Crippen LogP contribution in [0.5, 0.6) is 11.5 Å². The maximum absolute atomic E-state index is 13.0. The van der Waals surface area contributed by atoms with Crippen LogP contribution in [-0.4, -0.2) is 25.5 Å². The zero-order chi connectivity index (χ0) is 22.0. The van der Waals surface area contributed by atoms with E-state index in [0.717, 1.165) is 29.8 Å². The SMILES string of the molecule is COc1ccc(CNc2nc3ccc(OS(=O)(=O)c4ccc(F)cc4)cc3[nH]2)cc1Cl. The summed E-state index contributed by atoms with van der Waals surface area (Å²) in [6.07, 6.45) is 0. The number of methoxy groups -OCH3 is 1. The Labute approximate surface area is 182 Å². The highest BCUT2D eigenvalue weighted by Crippen LogP contribution is 2.26. The molecule has 1 heterocycles. The lowest BCUT2D eigenvalue weighted by atomic mass is 10.2. The van der Waals surface area contributed by atoms with Crippen molar-refractivity contribution in [3.05, 3.63) is 77.1 Å². The second kappa shape index (κ2) is 8.44. The van der Waals surface area contributed by atoms with Crippen molar-refractivity contribution in [2.24, 2.45) is 0 Å². The molecule has 4 rings (SSSR count). The molecule has 0 bridgehead atoms. The van der Waals surface area contributed by atoms with Gasteiger partial charge in [0.1, 0.15) is 22.2 Å². The number of rotatable bonds is 7. The number of benzene rings is 3. The molecule has 7 nitrogen and oxygen atoms in total. The largest absolute Gasteiger partial charge is 0.495 e. The lowest BCUT2D eigenvalue weighted by molar-refractivity contribution is 0.415. The summed E-state index contributed by atoms with van der Waals surface area (Å²) < 4.78 is 48.1. The van der Waals surface area contributed by atoms with Gasteiger partial charge in [0.15, 0.2) is 0 Å². The first-order valence-corrected chi connectivity index (χ1v) is 10.9. The van der Waals surface area contributed by atoms with Gasteiger partial charge >= 0.3 is 10.1 Å². The van der Waals surface area contributed by atoms with Gasteiger partial charge in [0.05, 0.1) is 23.2 Å². The number of ether oxygens (including phenoxy) is 1. The van der Waals surface area contributed by atoms with E-state index in [0.29, 0.717) is 34.3 Å². The molecule has 2 N–H and O–H groups in total. The topological polar surface area (TPSA) is 93.3 Å². The van der Waals surface area contributed by atoms with E-state index in [2.05, 4.69) is 15.3 Å². The van der Waals surface area contributed by atoms with E-state index < -0.39 is 15.9 Å². The van der Waals surface area contributed by atoms with Crippen molar-refractivity contribution in [2.45, 2.75) is 11.4 Å². The minimum atomic E-state index is -4.09. The highest BCUT2D eigenvalue weighted by atomic mass is 35.5. The Morgan fingerprint density at radius 3 is 2.58 bits per heavy atom. The molecule has 0 amide bonds. The van der Waals surface area contributed by atoms with E-state index in [1.54, 1.807) is 25.3 Å². The number of hydrogen-bond acceptors (Lipinski definition) is 6. The highest BCUT2D eigenvalue weighted by molar-refractivity contribution is 7.87. The average molecular weight is 462 g/mol. The fraction of sp³-hybridized carbons (Fsp3) is 0.0952. The first-order valence-electron chi connectivity index (χ1n) is 9.10. The van der Waals surface area contributed by atoms with E-state index in [1.807, 2.05) is 6.07 Å². The van der Waals surface area contributed by atoms with Crippen molar-refractivity contribution in [1.82, 2.24) is 9.97 Å². The summed E-state index contributed by atoms with van der Waals surface area (Å²) >= 11 is 6.14. The number of halogens is 2. The summed E-state index contributed by atoms with van der Waals surface area (Å²) in [6, 6.07) is 14.5. The molecule has 0 aliphatic rings. The van der Waals surface area contributed by atoms with Gasteiger partial charge in [0.2, 0.25) is 5.95 Å². The van der Waals surface area contributed by atoms with Crippen molar-refractivity contribution in [2.75, 3.05) is 12.4 Å². The number of nitrogens with one attached hydrogen (secondary N) is 2. The predicted molar refractivity (Wildman–Crippen MR) is 116 cm³/mol. The zero-order valence-corrected chi connectivity index (χ0v) is 17.8. The Bertz CT molecular complexity index is 1340. The second-order valence-electron chi connectivity index (χ2n) is 6.58. The number of nitrogens with zero attached hydrogens (tertiary/aromatic N) is 1. The zero-order valence-electron chi connectivity index (χ0n) is 16.2. The molecule has 0 saturated heterocycles. The Balaban J connectivity index is 1.49. The van der Waals surface area contributed by atoms with Crippen LogP contribution in [0.3, 0.4) is 0 Å². The van der Waals surface area contributed by atoms with Gasteiger partial charge in [-0.1, -0.05) is 17.7 Å². The molecule has 0 aliphatic carbocycles. The third kappa shape index (κ3) is 4.73. The van der Waals surface area contributed by atoms with Crippen molar-refractivity contribution >= 4 is 38.7 Å². The lowest BCUT2D eigenvalue weighted by Crippen LogP contribution is -2.09. The lowest BCUT2D eigenvalue weighted by Gasteiger charge is -2.07. The first-order chi connectivity index (χ1) is 14.8. The van der Waals surface area contributed by atoms with Crippen molar-refractivity contribution in [3.63, 3.8) is 0 Å². The fourth-order valence-electron chi connectivity index (χ4n) is 2.91. The number of anilines is 1. The Morgan fingerprint density at radius 1 is 1.10 bits per heavy atom. The van der Waals surface area contributed by atoms with Crippen LogP contribution in [0.4, 0.5) is 10.3 Å². The Morgan fingerprint density at radius 2 is 1.87 bits per heavy atom. The van der Waals surface area contributed by atoms with Crippen LogP contribution in [-0.2, 0) is 16.7 Å². The summed E-state index contributed by atoms with van der Waals surface area (Å²) in [5.41, 5.74) is 2.14. The van der Waals surface area contributed by atoms with Crippen LogP contribution in [0.1, 0.15) is 5.56 Å². The summed E-state index contributed by atoms with van der Waals surface area (Å²) in [6.45, 7) is 0.464. The molecule has 0 saturated carbocycles. The molecule has 4 aromatic rings. The molecule has 1 aromatic heterocycles. The minimum absolute atomic E-state index is 0.106. The van der Waals surface area contributed by atoms with Gasteiger partial charge in [-0.25, -0.2) is 9.37 Å². The maximum atomic E-state index is 13.0. The number of aromatic amines is 1. The number of imidazole rings is 1. The van der Waals surface area contributed by atoms with E-state index in [1.165, 1.54) is 12.1 Å². The Kier molecular flexibility index (Phi) is 5.71. The molecule has 0 aliphatic heterocycles. The molecule has 31 heavy (non-hydrogen) atoms. The van der Waals surface area contributed by atoms with Crippen LogP contribution in [0.2, 0.25) is 5.02 Å². The smallest absolute Gasteiger partial charge is 0.339 e. The van der Waals surface area contributed by atoms with Crippen molar-refractivity contribution < 1.29 is 21.7 Å². The van der Waals surface area contributed by atoms with Gasteiger partial charge in [0, 0.05) is 12.6 Å². The number of hydrogen-bond donors (Lipinski definition) is 2. The quantitative estimate of drug-likeness (QED) is 0.386. The second-order valence-corrected chi connectivity index (χ2v) is 8.53. The maximum Gasteiger partial charge on any atom is 0.339 e. The van der Waals surface area contributed by atoms with Crippen molar-refractivity contribution in [1.29, 1.82) is 0 Å². The van der Waals surface area contributed by atoms with E-state index in [4.69, 9.17) is 20.5 Å². The molecule has 0 spiro atoms. The van der Waals surface area contributed by atoms with Gasteiger partial charge < -0.3 is 19.2 Å². The average Bonchev–Trinajstić information content (AvgIpc) is 3.14. The van der Waals surface area contributed by atoms with Gasteiger partial charge in [-0.3, -0.25) is 0 Å². The summed E-state index contributed by atoms with van der Waals surface area (Å²) in [5, 5.41) is 3.66. The van der Waals surface area contributed by atoms with E-state index >= 15 is 0 Å². The molecule has 0 atom stereocenters. The minimum Gasteiger partial charge on any atom is -0.495 e. The van der Waals surface area contributed by atoms with E-state index in [-0.39, 0.29) is 10.6 Å². The molecule has 160 valence electrons. The summed E-state index contributed by atoms with van der Waals surface area (Å²) in [4.78, 5) is 7.35. The molecule has 3 aromatic carbocycles. The molecular weight excluding hydrogens is 445 g/mol. The van der Waals surface area contributed by atoms with Gasteiger partial charge in [-0.15, -0.1) is 0 Å². The molecule has 0 radical (unpaired) electrons. The monoisotopic (exact) mass is 461 g/mol. The van der Waals surface area contributed by atoms with Gasteiger partial charge in [0.25, 0.3) is 0 Å². The molecule has 0 fully saturated rings. The number of aromatic nitrogens is 2. The van der Waals surface area contributed by atoms with Crippen LogP contribution < -0.4 is 14.2 Å². The third-order valence-corrected chi connectivity index (χ3v) is 5.99. The fourth-order valence-corrected chi connectivity index (χ4v) is 4.11. The predicted octanol–water partition coefficient (Wildman–Crippen LogP) is 4.74. The summed E-state index contributed by atoms with van der Waals surface area (Å²) in [7, 11) is -2.54. The Hall–Kier alpha value is -3.30. The summed E-state index contributed by atoms with van der Waals surface area (Å²) in [5.74, 6) is 0.668. The van der Waals surface area contributed by atoms with Crippen molar-refractivity contribution in [3.8, 4) is 11.5 Å². The standard InChI is InChI=1S/C21H17ClFN3O4S/c1-29-20-9-2-13(10-17(20)22)12-24-21-25-18-8-5-15(11-19(18)26-21)30-31(27,28)16-6-3-14(23)4-7-16/h2-11H,12H2,1H3,(H2,24,25,26). The number of H-pyrrole nitrogens is 1. The normalized spacial score (nSPS) is 11.5. The van der Waals surface area contributed by atoms with Crippen LogP contribution in [0.25, 0.3) is 11.0 Å². The van der Waals surface area contributed by atoms with Gasteiger partial charge in [-0.05, 0) is 54.1 Å². The number of fused-ring (bicyclic) bond motifs is 1. The molecule has 10 heteroatoms. The first kappa shape index (κ1) is 21.0. The van der Waals surface area contributed by atoms with Crippen LogP contribution in [0, 0.1) is 5.82 Å². The molecular formula is C21H17ClFN3O4S. The molecule has 0 unspecified atom stereocenters. The van der Waals surface area contributed by atoms with Crippen LogP contribution in [0.15, 0.2) is 65.6 Å². The van der Waals surface area contributed by atoms with E-state index in [9.17, 15) is 12.8 Å². The third-order valence-electron chi connectivity index (χ3n) is 4.44. The van der Waals surface area contributed by atoms with Crippen LogP contribution >= 0.6 is 11.6 Å².